The van der Waals surface area contributed by atoms with E-state index in [9.17, 15) is 0 Å². The number of hydrogen-bond acceptors (Lipinski definition) is 0. The second-order valence-electron chi connectivity index (χ2n) is 4.53. The van der Waals surface area contributed by atoms with Gasteiger partial charge in [0, 0.05) is 0 Å². The summed E-state index contributed by atoms with van der Waals surface area (Å²) in [6, 6.07) is 21.8. The molecule has 0 spiro atoms. The van der Waals surface area contributed by atoms with Crippen molar-refractivity contribution in [1.82, 2.24) is 0 Å². The van der Waals surface area contributed by atoms with Crippen LogP contribution in [0.5, 0.6) is 0 Å². The summed E-state index contributed by atoms with van der Waals surface area (Å²) in [6.07, 6.45) is 2.60. The van der Waals surface area contributed by atoms with Gasteiger partial charge in [0.15, 0.2) is 0 Å². The van der Waals surface area contributed by atoms with Crippen LogP contribution in [0.4, 0.5) is 0 Å². The first-order chi connectivity index (χ1) is 8.45. The van der Waals surface area contributed by atoms with Crippen LogP contribution in [0.25, 0.3) is 0 Å². The molecule has 0 aliphatic heterocycles. The van der Waals surface area contributed by atoms with E-state index in [2.05, 4.69) is 60.7 Å². The third-order valence-electron chi connectivity index (χ3n) is 3.12. The van der Waals surface area contributed by atoms with Gasteiger partial charge in [-0.15, -0.1) is 0 Å². The average Bonchev–Trinajstić information content (AvgIpc) is 2.41. The molecule has 0 aliphatic rings. The fourth-order valence-corrected chi connectivity index (χ4v) is 4.73. The van der Waals surface area contributed by atoms with Gasteiger partial charge in [-0.2, -0.15) is 0 Å². The summed E-state index contributed by atoms with van der Waals surface area (Å²) >= 11 is -0.296. The second kappa shape index (κ2) is 7.92. The Morgan fingerprint density at radius 1 is 0.588 bits per heavy atom. The van der Waals surface area contributed by atoms with Crippen LogP contribution in [0.1, 0.15) is 11.1 Å². The molecule has 1 heteroatoms. The first-order valence-electron chi connectivity index (χ1n) is 6.53. The van der Waals surface area contributed by atoms with Gasteiger partial charge in [0.25, 0.3) is 0 Å². The topological polar surface area (TPSA) is 0 Å². The normalized spacial score (nSPS) is 9.88. The summed E-state index contributed by atoms with van der Waals surface area (Å²) in [6.45, 7) is 0. The van der Waals surface area contributed by atoms with Crippen molar-refractivity contribution in [2.75, 3.05) is 0 Å². The molecule has 0 saturated carbocycles. The SMILES string of the molecule is c1ccc(C[CH2][Ca][CH2]Cc2ccccc2)cc1. The zero-order valence-corrected chi connectivity index (χ0v) is 12.5. The molecule has 0 heterocycles. The van der Waals surface area contributed by atoms with Gasteiger partial charge >= 0.3 is 124 Å². The van der Waals surface area contributed by atoms with E-state index >= 15 is 0 Å². The number of hydrogen-bond donors (Lipinski definition) is 0. The van der Waals surface area contributed by atoms with Gasteiger partial charge in [-0.05, 0) is 0 Å². The molecule has 17 heavy (non-hydrogen) atoms. The third-order valence-corrected chi connectivity index (χ3v) is 5.78. The number of aryl methyl sites for hydroxylation is 2. The summed E-state index contributed by atoms with van der Waals surface area (Å²) in [4.78, 5) is 0. The van der Waals surface area contributed by atoms with E-state index in [4.69, 9.17) is 0 Å². The molecule has 2 aromatic rings. The molecule has 0 N–H and O–H groups in total. The Bertz CT molecular complexity index is 367. The molecule has 0 radical (unpaired) electrons. The molecule has 0 saturated heterocycles. The molecule has 0 aromatic heterocycles. The molecule has 0 amide bonds. The summed E-state index contributed by atoms with van der Waals surface area (Å²) in [5, 5.41) is 0. The average molecular weight is 250 g/mol. The standard InChI is InChI=1S/2C8H9.Ca/c2*1-2-8-6-4-3-5-7-8;/h2*3-7H,1-2H2;. The van der Waals surface area contributed by atoms with Gasteiger partial charge in [-0.1, -0.05) is 0 Å². The van der Waals surface area contributed by atoms with Crippen LogP contribution in [0.3, 0.4) is 0 Å². The molecule has 0 bridgehead atoms. The zero-order chi connectivity index (χ0) is 11.8. The Labute approximate surface area is 122 Å². The summed E-state index contributed by atoms with van der Waals surface area (Å²) < 4.78 is 2.98. The van der Waals surface area contributed by atoms with E-state index in [1.165, 1.54) is 29.0 Å². The molecule has 0 unspecified atom stereocenters. The monoisotopic (exact) mass is 250 g/mol. The molecular formula is C16H18Ca. The molecule has 2 aromatic carbocycles. The fourth-order valence-electron chi connectivity index (χ4n) is 2.12. The van der Waals surface area contributed by atoms with Crippen LogP contribution in [0.2, 0.25) is 5.04 Å². The van der Waals surface area contributed by atoms with Crippen LogP contribution < -0.4 is 0 Å². The van der Waals surface area contributed by atoms with Gasteiger partial charge in [-0.25, -0.2) is 0 Å². The molecule has 0 atom stereocenters. The van der Waals surface area contributed by atoms with Crippen LogP contribution in [-0.2, 0) is 12.8 Å². The predicted octanol–water partition coefficient (Wildman–Crippen LogP) is 4.01. The van der Waals surface area contributed by atoms with E-state index in [0.717, 1.165) is 0 Å². The van der Waals surface area contributed by atoms with Crippen molar-refractivity contribution in [3.8, 4) is 0 Å². The van der Waals surface area contributed by atoms with E-state index in [-0.39, 0.29) is 33.8 Å². The summed E-state index contributed by atoms with van der Waals surface area (Å²) in [5.74, 6) is 0. The van der Waals surface area contributed by atoms with Gasteiger partial charge < -0.3 is 0 Å². The van der Waals surface area contributed by atoms with Gasteiger partial charge in [-0.3, -0.25) is 0 Å². The number of benzene rings is 2. The van der Waals surface area contributed by atoms with Crippen molar-refractivity contribution in [2.45, 2.75) is 17.9 Å². The first kappa shape index (κ1) is 13.1. The Kier molecular flexibility index (Phi) is 6.12. The number of rotatable bonds is 6. The van der Waals surface area contributed by atoms with E-state index in [1.807, 2.05) is 0 Å². The van der Waals surface area contributed by atoms with Crippen LogP contribution in [-0.4, -0.2) is 33.8 Å². The Morgan fingerprint density at radius 2 is 1.00 bits per heavy atom. The van der Waals surface area contributed by atoms with Crippen LogP contribution in [0.15, 0.2) is 60.7 Å². The van der Waals surface area contributed by atoms with Gasteiger partial charge in [0.1, 0.15) is 0 Å². The van der Waals surface area contributed by atoms with Crippen molar-refractivity contribution in [3.63, 3.8) is 0 Å². The maximum absolute atomic E-state index is 2.25. The van der Waals surface area contributed by atoms with Crippen molar-refractivity contribution >= 4 is 33.8 Å². The Hall–Kier alpha value is -0.300. The molecule has 0 nitrogen and oxygen atoms in total. The van der Waals surface area contributed by atoms with Crippen molar-refractivity contribution < 1.29 is 0 Å². The predicted molar refractivity (Wildman–Crippen MR) is 75.7 cm³/mol. The molecule has 84 valence electrons. The quantitative estimate of drug-likeness (QED) is 0.537. The molecule has 2 rings (SSSR count). The van der Waals surface area contributed by atoms with E-state index in [0.29, 0.717) is 0 Å². The third kappa shape index (κ3) is 5.25. The molecular weight excluding hydrogens is 232 g/mol. The zero-order valence-electron chi connectivity index (χ0n) is 10.3. The van der Waals surface area contributed by atoms with Crippen molar-refractivity contribution in [3.05, 3.63) is 71.8 Å². The Balaban J connectivity index is 1.61. The minimum absolute atomic E-state index is 0.296. The van der Waals surface area contributed by atoms with Crippen LogP contribution in [0, 0.1) is 0 Å². The minimum atomic E-state index is -0.296. The molecule has 0 aliphatic carbocycles. The fraction of sp³-hybridized carbons (Fsp3) is 0.250. The van der Waals surface area contributed by atoms with E-state index in [1.54, 1.807) is 0 Å². The summed E-state index contributed by atoms with van der Waals surface area (Å²) in [5.41, 5.74) is 3.02. The summed E-state index contributed by atoms with van der Waals surface area (Å²) in [7, 11) is 0. The van der Waals surface area contributed by atoms with Crippen LogP contribution >= 0.6 is 0 Å². The van der Waals surface area contributed by atoms with Gasteiger partial charge in [0.05, 0.1) is 0 Å². The Morgan fingerprint density at radius 3 is 1.41 bits per heavy atom. The first-order valence-corrected chi connectivity index (χ1v) is 9.65. The van der Waals surface area contributed by atoms with E-state index < -0.39 is 0 Å². The second-order valence-corrected chi connectivity index (χ2v) is 7.84. The van der Waals surface area contributed by atoms with Gasteiger partial charge in [0.2, 0.25) is 0 Å². The van der Waals surface area contributed by atoms with Crippen molar-refractivity contribution in [2.24, 2.45) is 0 Å². The molecule has 0 fully saturated rings. The van der Waals surface area contributed by atoms with Crippen molar-refractivity contribution in [1.29, 1.82) is 0 Å². The maximum atomic E-state index is 2.25.